The molecule has 5 heteroatoms. The Kier molecular flexibility index (Phi) is 7.10. The van der Waals surface area contributed by atoms with Crippen LogP contribution in [0.25, 0.3) is 42.4 Å². The number of nitrogens with zero attached hydrogens (tertiary/aromatic N) is 2. The lowest BCUT2D eigenvalue weighted by Gasteiger charge is -2.29. The molecule has 0 amide bonds. The summed E-state index contributed by atoms with van der Waals surface area (Å²) in [6.45, 7) is 0. The van der Waals surface area contributed by atoms with E-state index in [1.54, 1.807) is 0 Å². The highest BCUT2D eigenvalue weighted by Crippen LogP contribution is 2.52. The Bertz CT molecular complexity index is 2570. The summed E-state index contributed by atoms with van der Waals surface area (Å²) >= 11 is 1.90. The van der Waals surface area contributed by atoms with Crippen LogP contribution in [0.1, 0.15) is 40.0 Å². The summed E-state index contributed by atoms with van der Waals surface area (Å²) in [5.74, 6) is 1.64. The second-order valence-electron chi connectivity index (χ2n) is 13.1. The molecule has 0 radical (unpaired) electrons. The number of hydrogen-bond acceptors (Lipinski definition) is 5. The van der Waals surface area contributed by atoms with Crippen molar-refractivity contribution in [1.82, 2.24) is 5.32 Å². The quantitative estimate of drug-likeness (QED) is 0.191. The summed E-state index contributed by atoms with van der Waals surface area (Å²) in [5.41, 5.74) is 10.6. The van der Waals surface area contributed by atoms with Crippen LogP contribution in [0, 0.1) is 0 Å². The third kappa shape index (κ3) is 5.22. The van der Waals surface area contributed by atoms with Gasteiger partial charge in [0.1, 0.15) is 11.7 Å². The maximum Gasteiger partial charge on any atom is 0.169 e. The fourth-order valence-electron chi connectivity index (χ4n) is 7.44. The van der Waals surface area contributed by atoms with Crippen LogP contribution in [0.2, 0.25) is 0 Å². The van der Waals surface area contributed by atoms with Crippen molar-refractivity contribution in [3.05, 3.63) is 198 Å². The average Bonchev–Trinajstić information content (AvgIpc) is 3.61. The Morgan fingerprint density at radius 3 is 1.71 bits per heavy atom. The van der Waals surface area contributed by atoms with E-state index in [-0.39, 0.29) is 12.2 Å². The van der Waals surface area contributed by atoms with Crippen molar-refractivity contribution in [2.45, 2.75) is 12.2 Å². The van der Waals surface area contributed by atoms with Gasteiger partial charge in [-0.05, 0) is 39.1 Å². The highest BCUT2D eigenvalue weighted by molar-refractivity contribution is 7.22. The second-order valence-corrected chi connectivity index (χ2v) is 14.1. The monoisotopic (exact) mass is 672 g/mol. The highest BCUT2D eigenvalue weighted by Gasteiger charge is 2.30. The molecule has 0 fully saturated rings. The molecule has 1 aromatic heterocycles. The molecule has 2 aliphatic rings. The zero-order chi connectivity index (χ0) is 33.7. The van der Waals surface area contributed by atoms with Gasteiger partial charge < -0.3 is 10.6 Å². The average molecular weight is 673 g/mol. The van der Waals surface area contributed by atoms with Crippen molar-refractivity contribution in [3.63, 3.8) is 0 Å². The minimum Gasteiger partial charge on any atom is -0.373 e. The Morgan fingerprint density at radius 2 is 1.04 bits per heavy atom. The van der Waals surface area contributed by atoms with Crippen LogP contribution in [0.4, 0.5) is 5.69 Å². The zero-order valence-electron chi connectivity index (χ0n) is 27.6. The topological polar surface area (TPSA) is 48.8 Å². The molecule has 51 heavy (non-hydrogen) atoms. The maximum absolute atomic E-state index is 5.05. The van der Waals surface area contributed by atoms with E-state index in [0.29, 0.717) is 0 Å². The minimum absolute atomic E-state index is 0.0409. The first kappa shape index (κ1) is 29.6. The van der Waals surface area contributed by atoms with Crippen LogP contribution in [-0.2, 0) is 0 Å². The molecule has 8 aromatic rings. The molecule has 0 saturated heterocycles. The van der Waals surface area contributed by atoms with Gasteiger partial charge >= 0.3 is 0 Å². The number of rotatable bonds is 5. The maximum atomic E-state index is 5.05. The number of thiophene rings is 1. The number of hydrogen-bond donors (Lipinski definition) is 2. The van der Waals surface area contributed by atoms with Crippen LogP contribution in [-0.4, -0.2) is 11.7 Å². The van der Waals surface area contributed by atoms with Crippen molar-refractivity contribution in [2.75, 3.05) is 5.32 Å². The number of fused-ring (bicyclic) bond motifs is 7. The van der Waals surface area contributed by atoms with Crippen molar-refractivity contribution >= 4 is 49.6 Å². The first-order chi connectivity index (χ1) is 25.3. The Hall–Kier alpha value is -6.30. The lowest BCUT2D eigenvalue weighted by atomic mass is 9.88. The molecule has 4 nitrogen and oxygen atoms in total. The van der Waals surface area contributed by atoms with Gasteiger partial charge in [-0.15, -0.1) is 11.3 Å². The summed E-state index contributed by atoms with van der Waals surface area (Å²) in [6.07, 6.45) is -0.348. The SMILES string of the molecule is c1ccc(C2=NC(c3ccc(-c4ccc(C5Nc6c(ccc7ccccc67)-c6sc7ccccc7c65)cc4)cc3)N=C(c3ccccc3)N2)cc1. The molecule has 1 atom stereocenters. The molecule has 2 N–H and O–H groups in total. The van der Waals surface area contributed by atoms with Gasteiger partial charge in [-0.3, -0.25) is 0 Å². The van der Waals surface area contributed by atoms with Gasteiger partial charge in [-0.2, -0.15) is 0 Å². The summed E-state index contributed by atoms with van der Waals surface area (Å²) in [6, 6.07) is 60.3. The lowest BCUT2D eigenvalue weighted by Crippen LogP contribution is -2.35. The molecule has 0 bridgehead atoms. The predicted octanol–water partition coefficient (Wildman–Crippen LogP) is 11.4. The van der Waals surface area contributed by atoms with Crippen LogP contribution in [0.15, 0.2) is 180 Å². The van der Waals surface area contributed by atoms with E-state index < -0.39 is 0 Å². The minimum atomic E-state index is -0.348. The Morgan fingerprint density at radius 1 is 0.471 bits per heavy atom. The van der Waals surface area contributed by atoms with Crippen LogP contribution in [0.3, 0.4) is 0 Å². The van der Waals surface area contributed by atoms with E-state index in [1.807, 2.05) is 47.7 Å². The number of amidine groups is 2. The lowest BCUT2D eigenvalue weighted by molar-refractivity contribution is 0.756. The molecule has 7 aromatic carbocycles. The fourth-order valence-corrected chi connectivity index (χ4v) is 8.71. The first-order valence-corrected chi connectivity index (χ1v) is 18.1. The van der Waals surface area contributed by atoms with Crippen molar-refractivity contribution in [2.24, 2.45) is 9.98 Å². The smallest absolute Gasteiger partial charge is 0.169 e. The highest BCUT2D eigenvalue weighted by atomic mass is 32.1. The fraction of sp³-hybridized carbons (Fsp3) is 0.0435. The van der Waals surface area contributed by atoms with Gasteiger partial charge in [0.25, 0.3) is 0 Å². The summed E-state index contributed by atoms with van der Waals surface area (Å²) in [4.78, 5) is 11.4. The molecule has 1 unspecified atom stereocenters. The summed E-state index contributed by atoms with van der Waals surface area (Å²) in [7, 11) is 0. The largest absolute Gasteiger partial charge is 0.373 e. The van der Waals surface area contributed by atoms with E-state index in [1.165, 1.54) is 53.7 Å². The molecule has 242 valence electrons. The van der Waals surface area contributed by atoms with Gasteiger partial charge in [0, 0.05) is 37.2 Å². The third-order valence-electron chi connectivity index (χ3n) is 10.0. The van der Waals surface area contributed by atoms with Crippen molar-refractivity contribution in [3.8, 4) is 21.6 Å². The predicted molar refractivity (Wildman–Crippen MR) is 214 cm³/mol. The normalized spacial score (nSPS) is 15.3. The van der Waals surface area contributed by atoms with Crippen molar-refractivity contribution in [1.29, 1.82) is 0 Å². The Balaban J connectivity index is 0.984. The van der Waals surface area contributed by atoms with Gasteiger partial charge in [0.15, 0.2) is 6.17 Å². The molecule has 0 spiro atoms. The van der Waals surface area contributed by atoms with E-state index in [4.69, 9.17) is 9.98 Å². The number of aliphatic imine (C=N–C) groups is 2. The van der Waals surface area contributed by atoms with Gasteiger partial charge in [0.2, 0.25) is 0 Å². The summed E-state index contributed by atoms with van der Waals surface area (Å²) < 4.78 is 1.32. The van der Waals surface area contributed by atoms with Gasteiger partial charge in [-0.1, -0.05) is 164 Å². The van der Waals surface area contributed by atoms with Crippen LogP contribution < -0.4 is 10.6 Å². The van der Waals surface area contributed by atoms with E-state index in [2.05, 4.69) is 144 Å². The van der Waals surface area contributed by atoms with Crippen molar-refractivity contribution < 1.29 is 0 Å². The summed E-state index contributed by atoms with van der Waals surface area (Å²) in [5, 5.41) is 11.3. The van der Waals surface area contributed by atoms with E-state index >= 15 is 0 Å². The first-order valence-electron chi connectivity index (χ1n) is 17.3. The molecular weight excluding hydrogens is 641 g/mol. The molecule has 2 aliphatic heterocycles. The molecule has 0 saturated carbocycles. The molecule has 3 heterocycles. The molecule has 10 rings (SSSR count). The number of nitrogens with one attached hydrogen (secondary N) is 2. The van der Waals surface area contributed by atoms with Crippen LogP contribution >= 0.6 is 11.3 Å². The third-order valence-corrected chi connectivity index (χ3v) is 11.2. The number of anilines is 1. The van der Waals surface area contributed by atoms with Gasteiger partial charge in [0.05, 0.1) is 11.7 Å². The molecule has 0 aliphatic carbocycles. The van der Waals surface area contributed by atoms with Gasteiger partial charge in [-0.25, -0.2) is 9.98 Å². The molecular formula is C46H32N4S. The standard InChI is InChI=1S/C46H32N4S/c1-3-12-33(13-4-1)44-48-45(34-14-5-2-6-15-34)50-46(49-44)35-25-21-30(22-26-35)29-19-23-32(24-20-29)41-40-37-17-9-10-18-39(37)51-43(40)38-28-27-31-11-7-8-16-36(31)42(38)47-41/h1-28,41,46-47H,(H,48,49,50). The van der Waals surface area contributed by atoms with E-state index in [0.717, 1.165) is 33.9 Å². The van der Waals surface area contributed by atoms with E-state index in [9.17, 15) is 0 Å². The second kappa shape index (κ2) is 12.2. The zero-order valence-corrected chi connectivity index (χ0v) is 28.4. The Labute approximate surface area is 300 Å². The van der Waals surface area contributed by atoms with Crippen LogP contribution in [0.5, 0.6) is 0 Å². The number of benzene rings is 7.